The fourth-order valence-corrected chi connectivity index (χ4v) is 3.65. The maximum absolute atomic E-state index is 12.8. The predicted molar refractivity (Wildman–Crippen MR) is 112 cm³/mol. The van der Waals surface area contributed by atoms with E-state index in [1.807, 2.05) is 0 Å². The molecule has 0 aliphatic rings. The number of anilines is 3. The number of alkyl halides is 3. The highest BCUT2D eigenvalue weighted by Gasteiger charge is 2.31. The molecule has 0 saturated carbocycles. The molecule has 0 bridgehead atoms. The van der Waals surface area contributed by atoms with Gasteiger partial charge in [-0.05, 0) is 35.9 Å². The van der Waals surface area contributed by atoms with Gasteiger partial charge in [0.1, 0.15) is 0 Å². The number of rotatable bonds is 4. The monoisotopic (exact) mass is 454 g/mol. The highest BCUT2D eigenvalue weighted by Crippen LogP contribution is 2.35. The maximum atomic E-state index is 12.8. The molecule has 6 N–H and O–H groups in total. The standard InChI is InChI=1S/C19H14ClF3N4O2S/c20-13-6-3-10(19(21,22)23)7-14(13)27-18(29)26-11-4-1-9(2-5-11)12-8-30-17(25)15(12)16(24)28/h1-8H,25H2,(H2,24,28)(H2,26,27,29). The third kappa shape index (κ3) is 4.66. The number of nitrogens with two attached hydrogens (primary N) is 2. The largest absolute Gasteiger partial charge is 0.416 e. The van der Waals surface area contributed by atoms with Crippen molar-refractivity contribution in [1.82, 2.24) is 0 Å². The van der Waals surface area contributed by atoms with Crippen LogP contribution in [0, 0.1) is 0 Å². The van der Waals surface area contributed by atoms with Gasteiger partial charge in [-0.1, -0.05) is 23.7 Å². The normalized spacial score (nSPS) is 11.2. The van der Waals surface area contributed by atoms with E-state index < -0.39 is 23.7 Å². The Kier molecular flexibility index (Phi) is 5.90. The van der Waals surface area contributed by atoms with Crippen molar-refractivity contribution in [3.63, 3.8) is 0 Å². The predicted octanol–water partition coefficient (Wildman–Crippen LogP) is 5.41. The molecule has 3 rings (SSSR count). The second kappa shape index (κ2) is 8.25. The molecular formula is C19H14ClF3N4O2S. The number of nitrogens with one attached hydrogen (secondary N) is 2. The topological polar surface area (TPSA) is 110 Å². The van der Waals surface area contributed by atoms with Crippen molar-refractivity contribution in [1.29, 1.82) is 0 Å². The Hall–Kier alpha value is -3.24. The number of nitrogen functional groups attached to an aromatic ring is 1. The number of hydrogen-bond donors (Lipinski definition) is 4. The third-order valence-corrected chi connectivity index (χ3v) is 5.20. The summed E-state index contributed by atoms with van der Waals surface area (Å²) in [5.74, 6) is -0.650. The second-order valence-corrected chi connectivity index (χ2v) is 7.42. The zero-order chi connectivity index (χ0) is 22.1. The average molecular weight is 455 g/mol. The van der Waals surface area contributed by atoms with Crippen molar-refractivity contribution < 1.29 is 22.8 Å². The van der Waals surface area contributed by atoms with Gasteiger partial charge in [-0.15, -0.1) is 11.3 Å². The van der Waals surface area contributed by atoms with E-state index in [4.69, 9.17) is 23.1 Å². The molecular weight excluding hydrogens is 441 g/mol. The molecule has 0 atom stereocenters. The van der Waals surface area contributed by atoms with E-state index in [0.717, 1.165) is 18.2 Å². The molecule has 2 aromatic carbocycles. The molecule has 0 spiro atoms. The molecule has 3 aromatic rings. The summed E-state index contributed by atoms with van der Waals surface area (Å²) >= 11 is 7.05. The molecule has 30 heavy (non-hydrogen) atoms. The Morgan fingerprint density at radius 1 is 1.03 bits per heavy atom. The highest BCUT2D eigenvalue weighted by atomic mass is 35.5. The number of halogens is 4. The van der Waals surface area contributed by atoms with E-state index in [0.29, 0.717) is 21.8 Å². The van der Waals surface area contributed by atoms with E-state index in [9.17, 15) is 22.8 Å². The number of carbonyl (C=O) groups is 2. The Morgan fingerprint density at radius 2 is 1.70 bits per heavy atom. The van der Waals surface area contributed by atoms with Gasteiger partial charge < -0.3 is 22.1 Å². The van der Waals surface area contributed by atoms with E-state index in [2.05, 4.69) is 10.6 Å². The van der Waals surface area contributed by atoms with E-state index in [-0.39, 0.29) is 16.3 Å². The van der Waals surface area contributed by atoms with Crippen molar-refractivity contribution in [2.75, 3.05) is 16.4 Å². The number of thiophene rings is 1. The Labute approximate surface area is 177 Å². The molecule has 0 saturated heterocycles. The SMILES string of the molecule is NC(=O)c1c(-c2ccc(NC(=O)Nc3cc(C(F)(F)F)ccc3Cl)cc2)csc1N. The van der Waals surface area contributed by atoms with Crippen LogP contribution in [0.5, 0.6) is 0 Å². The fraction of sp³-hybridized carbons (Fsp3) is 0.0526. The molecule has 6 nitrogen and oxygen atoms in total. The van der Waals surface area contributed by atoms with Crippen molar-refractivity contribution in [3.05, 3.63) is 64.0 Å². The summed E-state index contributed by atoms with van der Waals surface area (Å²) in [6.07, 6.45) is -4.57. The molecule has 11 heteroatoms. The summed E-state index contributed by atoms with van der Waals surface area (Å²) in [5.41, 5.74) is 11.8. The van der Waals surface area contributed by atoms with Gasteiger partial charge in [0.15, 0.2) is 0 Å². The van der Waals surface area contributed by atoms with Crippen LogP contribution in [0.4, 0.5) is 34.3 Å². The smallest absolute Gasteiger partial charge is 0.390 e. The minimum absolute atomic E-state index is 0.0393. The molecule has 156 valence electrons. The summed E-state index contributed by atoms with van der Waals surface area (Å²) in [4.78, 5) is 23.7. The van der Waals surface area contributed by atoms with Crippen LogP contribution < -0.4 is 22.1 Å². The minimum atomic E-state index is -4.57. The lowest BCUT2D eigenvalue weighted by Crippen LogP contribution is -2.20. The van der Waals surface area contributed by atoms with Crippen molar-refractivity contribution >= 4 is 51.3 Å². The highest BCUT2D eigenvalue weighted by molar-refractivity contribution is 7.15. The molecule has 0 fully saturated rings. The van der Waals surface area contributed by atoms with Gasteiger partial charge in [0.2, 0.25) is 0 Å². The number of amides is 3. The zero-order valence-electron chi connectivity index (χ0n) is 15.0. The van der Waals surface area contributed by atoms with Gasteiger partial charge in [-0.2, -0.15) is 13.2 Å². The summed E-state index contributed by atoms with van der Waals surface area (Å²) in [7, 11) is 0. The molecule has 1 heterocycles. The molecule has 0 unspecified atom stereocenters. The van der Waals surface area contributed by atoms with Crippen LogP contribution in [-0.2, 0) is 6.18 Å². The first-order valence-electron chi connectivity index (χ1n) is 8.28. The Morgan fingerprint density at radius 3 is 2.30 bits per heavy atom. The number of benzene rings is 2. The lowest BCUT2D eigenvalue weighted by atomic mass is 10.0. The molecule has 3 amide bonds. The van der Waals surface area contributed by atoms with E-state index in [1.54, 1.807) is 29.6 Å². The summed E-state index contributed by atoms with van der Waals surface area (Å²) in [5, 5.41) is 6.74. The lowest BCUT2D eigenvalue weighted by molar-refractivity contribution is -0.137. The summed E-state index contributed by atoms with van der Waals surface area (Å²) < 4.78 is 38.5. The van der Waals surface area contributed by atoms with Crippen LogP contribution in [0.15, 0.2) is 47.8 Å². The Bertz CT molecular complexity index is 1110. The van der Waals surface area contributed by atoms with Crippen molar-refractivity contribution in [3.8, 4) is 11.1 Å². The van der Waals surface area contributed by atoms with E-state index in [1.165, 1.54) is 11.3 Å². The molecule has 0 aliphatic carbocycles. The Balaban J connectivity index is 1.74. The van der Waals surface area contributed by atoms with Crippen LogP contribution in [0.25, 0.3) is 11.1 Å². The second-order valence-electron chi connectivity index (χ2n) is 6.10. The number of urea groups is 1. The van der Waals surface area contributed by atoms with Crippen LogP contribution >= 0.6 is 22.9 Å². The lowest BCUT2D eigenvalue weighted by Gasteiger charge is -2.12. The number of primary amides is 1. The summed E-state index contributed by atoms with van der Waals surface area (Å²) in [6.45, 7) is 0. The van der Waals surface area contributed by atoms with E-state index >= 15 is 0 Å². The van der Waals surface area contributed by atoms with Gasteiger partial charge in [0.25, 0.3) is 5.91 Å². The molecule has 0 radical (unpaired) electrons. The quantitative estimate of drug-likeness (QED) is 0.423. The van der Waals surface area contributed by atoms with Crippen LogP contribution in [0.2, 0.25) is 5.02 Å². The third-order valence-electron chi connectivity index (χ3n) is 4.06. The van der Waals surface area contributed by atoms with Crippen LogP contribution in [0.1, 0.15) is 15.9 Å². The van der Waals surface area contributed by atoms with Gasteiger partial charge in [0.05, 0.1) is 26.8 Å². The fourth-order valence-electron chi connectivity index (χ4n) is 2.65. The molecule has 1 aromatic heterocycles. The number of hydrogen-bond acceptors (Lipinski definition) is 4. The average Bonchev–Trinajstić information content (AvgIpc) is 3.05. The first-order valence-corrected chi connectivity index (χ1v) is 9.54. The van der Waals surface area contributed by atoms with Crippen LogP contribution in [0.3, 0.4) is 0 Å². The summed E-state index contributed by atoms with van der Waals surface area (Å²) in [6, 6.07) is 8.24. The van der Waals surface area contributed by atoms with Crippen molar-refractivity contribution in [2.45, 2.75) is 6.18 Å². The molecule has 0 aliphatic heterocycles. The number of carbonyl (C=O) groups excluding carboxylic acids is 2. The zero-order valence-corrected chi connectivity index (χ0v) is 16.6. The van der Waals surface area contributed by atoms with Gasteiger partial charge in [0, 0.05) is 16.6 Å². The first kappa shape index (κ1) is 21.5. The minimum Gasteiger partial charge on any atom is -0.390 e. The first-order chi connectivity index (χ1) is 14.1. The van der Waals surface area contributed by atoms with Gasteiger partial charge in [-0.3, -0.25) is 4.79 Å². The van der Waals surface area contributed by atoms with Gasteiger partial charge >= 0.3 is 12.2 Å². The van der Waals surface area contributed by atoms with Gasteiger partial charge in [-0.25, -0.2) is 4.79 Å². The van der Waals surface area contributed by atoms with Crippen LogP contribution in [-0.4, -0.2) is 11.9 Å². The maximum Gasteiger partial charge on any atom is 0.416 e. The van der Waals surface area contributed by atoms with Crippen molar-refractivity contribution in [2.24, 2.45) is 5.73 Å².